The quantitative estimate of drug-likeness (QED) is 0.620. The summed E-state index contributed by atoms with van der Waals surface area (Å²) in [7, 11) is 0. The third-order valence-corrected chi connectivity index (χ3v) is 2.73. The van der Waals surface area contributed by atoms with E-state index in [4.69, 9.17) is 5.11 Å². The van der Waals surface area contributed by atoms with Crippen LogP contribution >= 0.6 is 0 Å². The average Bonchev–Trinajstić information content (AvgIpc) is 2.51. The number of nitrogens with one attached hydrogen (secondary N) is 2. The van der Waals surface area contributed by atoms with Gasteiger partial charge in [0.1, 0.15) is 0 Å². The summed E-state index contributed by atoms with van der Waals surface area (Å²) in [6, 6.07) is -0.325. The zero-order chi connectivity index (χ0) is 11.5. The van der Waals surface area contributed by atoms with E-state index >= 15 is 0 Å². The molecule has 1 aliphatic rings. The van der Waals surface area contributed by atoms with Crippen LogP contribution in [0.1, 0.15) is 33.1 Å². The summed E-state index contributed by atoms with van der Waals surface area (Å²) in [5.74, 6) is -0.999. The van der Waals surface area contributed by atoms with Crippen LogP contribution in [0.3, 0.4) is 0 Å². The minimum atomic E-state index is -0.896. The molecule has 1 saturated heterocycles. The summed E-state index contributed by atoms with van der Waals surface area (Å²) in [6.07, 6.45) is 1.75. The molecule has 0 aromatic heterocycles. The molecule has 15 heavy (non-hydrogen) atoms. The minimum Gasteiger partial charge on any atom is -0.481 e. The third kappa shape index (κ3) is 3.20. The fraction of sp³-hybridized carbons (Fsp3) is 0.800. The number of carboxylic acid groups (broad SMARTS) is 1. The minimum absolute atomic E-state index is 0.0399. The highest BCUT2D eigenvalue weighted by molar-refractivity contribution is 5.86. The van der Waals surface area contributed by atoms with Crippen LogP contribution in [0.15, 0.2) is 0 Å². The molecule has 2 atom stereocenters. The van der Waals surface area contributed by atoms with Crippen LogP contribution in [0.25, 0.3) is 0 Å². The van der Waals surface area contributed by atoms with Gasteiger partial charge in [-0.2, -0.15) is 0 Å². The molecule has 86 valence electrons. The largest absolute Gasteiger partial charge is 0.481 e. The Labute approximate surface area is 89.2 Å². The van der Waals surface area contributed by atoms with Crippen LogP contribution in [0.4, 0.5) is 0 Å². The van der Waals surface area contributed by atoms with E-state index in [1.165, 1.54) is 0 Å². The van der Waals surface area contributed by atoms with Gasteiger partial charge in [0.25, 0.3) is 0 Å². The highest BCUT2D eigenvalue weighted by Gasteiger charge is 2.36. The lowest BCUT2D eigenvalue weighted by Gasteiger charge is -2.25. The second-order valence-electron chi connectivity index (χ2n) is 4.33. The molecule has 1 amide bonds. The van der Waals surface area contributed by atoms with Crippen LogP contribution in [-0.4, -0.2) is 35.1 Å². The molecule has 1 heterocycles. The van der Waals surface area contributed by atoms with E-state index in [1.807, 2.05) is 6.92 Å². The van der Waals surface area contributed by atoms with Gasteiger partial charge in [0.2, 0.25) is 5.91 Å². The summed E-state index contributed by atoms with van der Waals surface area (Å²) in [5, 5.41) is 14.4. The summed E-state index contributed by atoms with van der Waals surface area (Å²) >= 11 is 0. The zero-order valence-corrected chi connectivity index (χ0v) is 9.17. The van der Waals surface area contributed by atoms with Gasteiger partial charge >= 0.3 is 5.97 Å². The van der Waals surface area contributed by atoms with Crippen molar-refractivity contribution in [3.8, 4) is 0 Å². The Kier molecular flexibility index (Phi) is 3.68. The topological polar surface area (TPSA) is 78.4 Å². The number of rotatable bonds is 4. The molecule has 1 rings (SSSR count). The molecular formula is C10H18N2O3. The number of hydrogen-bond acceptors (Lipinski definition) is 3. The summed E-state index contributed by atoms with van der Waals surface area (Å²) in [4.78, 5) is 22.2. The molecule has 1 aliphatic heterocycles. The second-order valence-corrected chi connectivity index (χ2v) is 4.33. The van der Waals surface area contributed by atoms with Crippen molar-refractivity contribution in [2.24, 2.45) is 0 Å². The Balaban J connectivity index is 2.44. The van der Waals surface area contributed by atoms with Crippen molar-refractivity contribution in [1.82, 2.24) is 10.6 Å². The van der Waals surface area contributed by atoms with E-state index in [9.17, 15) is 9.59 Å². The average molecular weight is 214 g/mol. The van der Waals surface area contributed by atoms with E-state index in [1.54, 1.807) is 6.92 Å². The number of aliphatic carboxylic acids is 1. The van der Waals surface area contributed by atoms with Gasteiger partial charge < -0.3 is 15.7 Å². The Bertz CT molecular complexity index is 259. The van der Waals surface area contributed by atoms with Crippen molar-refractivity contribution in [2.75, 3.05) is 6.54 Å². The number of hydrogen-bond donors (Lipinski definition) is 3. The molecule has 5 nitrogen and oxygen atoms in total. The van der Waals surface area contributed by atoms with Crippen LogP contribution in [-0.2, 0) is 9.59 Å². The first-order valence-electron chi connectivity index (χ1n) is 5.22. The van der Waals surface area contributed by atoms with Crippen molar-refractivity contribution in [2.45, 2.75) is 44.7 Å². The fourth-order valence-electron chi connectivity index (χ4n) is 1.78. The van der Waals surface area contributed by atoms with Crippen molar-refractivity contribution in [3.05, 3.63) is 0 Å². The lowest BCUT2D eigenvalue weighted by molar-refractivity contribution is -0.137. The van der Waals surface area contributed by atoms with Crippen molar-refractivity contribution in [1.29, 1.82) is 0 Å². The van der Waals surface area contributed by atoms with E-state index in [0.29, 0.717) is 0 Å². The van der Waals surface area contributed by atoms with Crippen molar-refractivity contribution < 1.29 is 14.7 Å². The van der Waals surface area contributed by atoms with E-state index in [2.05, 4.69) is 10.6 Å². The molecule has 3 N–H and O–H groups in total. The standard InChI is InChI=1S/C10H18N2O3/c1-7(6-8(13)14)12-9(15)10(2)4-3-5-11-10/h7,11H,3-6H2,1-2H3,(H,12,15)(H,13,14). The molecule has 0 aromatic carbocycles. The fourth-order valence-corrected chi connectivity index (χ4v) is 1.78. The van der Waals surface area contributed by atoms with E-state index < -0.39 is 11.5 Å². The Morgan fingerprint density at radius 1 is 1.60 bits per heavy atom. The first-order chi connectivity index (χ1) is 6.94. The molecule has 0 aliphatic carbocycles. The maximum Gasteiger partial charge on any atom is 0.305 e. The van der Waals surface area contributed by atoms with Gasteiger partial charge in [-0.15, -0.1) is 0 Å². The maximum absolute atomic E-state index is 11.8. The molecule has 2 unspecified atom stereocenters. The number of amides is 1. The normalized spacial score (nSPS) is 27.3. The predicted octanol–water partition coefficient (Wildman–Crippen LogP) is 0.108. The van der Waals surface area contributed by atoms with Crippen molar-refractivity contribution >= 4 is 11.9 Å². The Morgan fingerprint density at radius 2 is 2.27 bits per heavy atom. The molecule has 0 spiro atoms. The number of carboxylic acids is 1. The number of carbonyl (C=O) groups is 2. The molecular weight excluding hydrogens is 196 g/mol. The molecule has 5 heteroatoms. The lowest BCUT2D eigenvalue weighted by Crippen LogP contribution is -2.53. The van der Waals surface area contributed by atoms with Gasteiger partial charge in [-0.25, -0.2) is 0 Å². The SMILES string of the molecule is CC(CC(=O)O)NC(=O)C1(C)CCCN1. The van der Waals surface area contributed by atoms with Gasteiger partial charge in [-0.05, 0) is 33.2 Å². The first kappa shape index (κ1) is 12.0. The lowest BCUT2D eigenvalue weighted by atomic mass is 9.99. The van der Waals surface area contributed by atoms with Gasteiger partial charge in [0.05, 0.1) is 12.0 Å². The Hall–Kier alpha value is -1.10. The van der Waals surface area contributed by atoms with Gasteiger partial charge in [0, 0.05) is 6.04 Å². The van der Waals surface area contributed by atoms with Crippen LogP contribution in [0, 0.1) is 0 Å². The monoisotopic (exact) mass is 214 g/mol. The van der Waals surface area contributed by atoms with Crippen LogP contribution in [0.2, 0.25) is 0 Å². The smallest absolute Gasteiger partial charge is 0.305 e. The second kappa shape index (κ2) is 4.61. The highest BCUT2D eigenvalue weighted by Crippen LogP contribution is 2.18. The molecule has 0 radical (unpaired) electrons. The zero-order valence-electron chi connectivity index (χ0n) is 9.17. The van der Waals surface area contributed by atoms with E-state index in [0.717, 1.165) is 19.4 Å². The van der Waals surface area contributed by atoms with Crippen LogP contribution < -0.4 is 10.6 Å². The van der Waals surface area contributed by atoms with Crippen LogP contribution in [0.5, 0.6) is 0 Å². The number of carbonyl (C=O) groups excluding carboxylic acids is 1. The summed E-state index contributed by atoms with van der Waals surface area (Å²) in [6.45, 7) is 4.39. The highest BCUT2D eigenvalue weighted by atomic mass is 16.4. The summed E-state index contributed by atoms with van der Waals surface area (Å²) < 4.78 is 0. The van der Waals surface area contributed by atoms with Crippen molar-refractivity contribution in [3.63, 3.8) is 0 Å². The molecule has 0 bridgehead atoms. The van der Waals surface area contributed by atoms with E-state index in [-0.39, 0.29) is 18.4 Å². The molecule has 1 fully saturated rings. The third-order valence-electron chi connectivity index (χ3n) is 2.73. The summed E-state index contributed by atoms with van der Waals surface area (Å²) in [5.41, 5.74) is -0.521. The maximum atomic E-state index is 11.8. The van der Waals surface area contributed by atoms with Gasteiger partial charge in [0.15, 0.2) is 0 Å². The van der Waals surface area contributed by atoms with Gasteiger partial charge in [-0.3, -0.25) is 9.59 Å². The molecule has 0 saturated carbocycles. The molecule has 0 aromatic rings. The predicted molar refractivity (Wildman–Crippen MR) is 55.5 cm³/mol. The van der Waals surface area contributed by atoms with Gasteiger partial charge in [-0.1, -0.05) is 0 Å². The first-order valence-corrected chi connectivity index (χ1v) is 5.22. The Morgan fingerprint density at radius 3 is 2.73 bits per heavy atom.